The van der Waals surface area contributed by atoms with Gasteiger partial charge in [0.05, 0.1) is 16.3 Å². The van der Waals surface area contributed by atoms with Crippen LogP contribution in [0, 0.1) is 0 Å². The zero-order chi connectivity index (χ0) is 19.8. The predicted octanol–water partition coefficient (Wildman–Crippen LogP) is 2.66. The lowest BCUT2D eigenvalue weighted by Gasteiger charge is -2.09. The maximum atomic E-state index is 13.2. The first-order chi connectivity index (χ1) is 12.6. The Morgan fingerprint density at radius 1 is 1.00 bits per heavy atom. The average molecular weight is 396 g/mol. The molecule has 0 radical (unpaired) electrons. The molecule has 0 aliphatic carbocycles. The molecule has 142 valence electrons. The van der Waals surface area contributed by atoms with E-state index < -0.39 is 21.9 Å². The summed E-state index contributed by atoms with van der Waals surface area (Å²) >= 11 is 0. The van der Waals surface area contributed by atoms with Gasteiger partial charge in [0.15, 0.2) is 5.69 Å². The summed E-state index contributed by atoms with van der Waals surface area (Å²) in [5.41, 5.74) is 6.29. The third kappa shape index (κ3) is 4.02. The predicted molar refractivity (Wildman–Crippen MR) is 93.3 cm³/mol. The van der Waals surface area contributed by atoms with E-state index in [1.54, 1.807) is 24.3 Å². The smallest absolute Gasteiger partial charge is 0.326 e. The van der Waals surface area contributed by atoms with Crippen molar-refractivity contribution in [3.63, 3.8) is 0 Å². The molecule has 27 heavy (non-hydrogen) atoms. The number of halogens is 3. The molecule has 1 heterocycles. The minimum absolute atomic E-state index is 0.150. The van der Waals surface area contributed by atoms with E-state index in [4.69, 9.17) is 10.9 Å². The van der Waals surface area contributed by atoms with Crippen LogP contribution in [0.15, 0.2) is 59.5 Å². The van der Waals surface area contributed by atoms with E-state index in [1.165, 1.54) is 24.3 Å². The Labute approximate surface area is 153 Å². The second-order valence-corrected chi connectivity index (χ2v) is 7.33. The minimum Gasteiger partial charge on any atom is -0.326 e. The molecule has 0 saturated carbocycles. The van der Waals surface area contributed by atoms with E-state index in [0.717, 1.165) is 16.3 Å². The molecule has 6 nitrogen and oxygen atoms in total. The molecule has 3 aromatic rings. The Bertz CT molecular complexity index is 1060. The van der Waals surface area contributed by atoms with Crippen molar-refractivity contribution in [1.82, 2.24) is 9.78 Å². The normalized spacial score (nSPS) is 12.3. The molecular weight excluding hydrogens is 381 g/mol. The van der Waals surface area contributed by atoms with Gasteiger partial charge >= 0.3 is 6.18 Å². The fraction of sp³-hybridized carbons (Fsp3) is 0.118. The van der Waals surface area contributed by atoms with Crippen molar-refractivity contribution in [1.29, 1.82) is 0 Å². The number of hydrogen-bond donors (Lipinski definition) is 2. The number of primary sulfonamides is 1. The van der Waals surface area contributed by atoms with Crippen molar-refractivity contribution >= 4 is 10.0 Å². The quantitative estimate of drug-likeness (QED) is 0.707. The van der Waals surface area contributed by atoms with Crippen LogP contribution in [0.1, 0.15) is 11.3 Å². The van der Waals surface area contributed by atoms with Crippen LogP contribution in [0.3, 0.4) is 0 Å². The molecule has 0 spiro atoms. The highest BCUT2D eigenvalue weighted by atomic mass is 32.2. The van der Waals surface area contributed by atoms with Gasteiger partial charge in [-0.05, 0) is 35.9 Å². The summed E-state index contributed by atoms with van der Waals surface area (Å²) in [6.45, 7) is 0.308. The molecular formula is C17H15F3N4O2S. The van der Waals surface area contributed by atoms with Gasteiger partial charge in [0.25, 0.3) is 0 Å². The van der Waals surface area contributed by atoms with Crippen molar-refractivity contribution in [2.24, 2.45) is 10.9 Å². The zero-order valence-corrected chi connectivity index (χ0v) is 14.6. The summed E-state index contributed by atoms with van der Waals surface area (Å²) in [5, 5.41) is 8.69. The van der Waals surface area contributed by atoms with Gasteiger partial charge in [-0.2, -0.15) is 18.3 Å². The second-order valence-electron chi connectivity index (χ2n) is 5.76. The highest BCUT2D eigenvalue weighted by Gasteiger charge is 2.35. The minimum atomic E-state index is -4.63. The molecule has 0 bridgehead atoms. The summed E-state index contributed by atoms with van der Waals surface area (Å²) < 4.78 is 63.3. The van der Waals surface area contributed by atoms with Crippen LogP contribution in [0.4, 0.5) is 13.2 Å². The maximum absolute atomic E-state index is 13.2. The Balaban J connectivity index is 2.14. The van der Waals surface area contributed by atoms with E-state index in [2.05, 4.69) is 5.10 Å². The molecule has 3 rings (SSSR count). The molecule has 10 heteroatoms. The lowest BCUT2D eigenvalue weighted by atomic mass is 10.1. The van der Waals surface area contributed by atoms with Gasteiger partial charge in [0, 0.05) is 12.1 Å². The first kappa shape index (κ1) is 19.1. The fourth-order valence-corrected chi connectivity index (χ4v) is 3.03. The van der Waals surface area contributed by atoms with E-state index in [9.17, 15) is 21.6 Å². The van der Waals surface area contributed by atoms with Crippen LogP contribution in [-0.4, -0.2) is 18.2 Å². The fourth-order valence-electron chi connectivity index (χ4n) is 2.51. The van der Waals surface area contributed by atoms with Crippen molar-refractivity contribution in [3.8, 4) is 16.9 Å². The SMILES string of the molecule is NCc1ccc(-c2cc(C(F)(F)F)nn2-c2ccc(S(N)(=O)=O)cc2)cc1. The number of nitrogens with two attached hydrogens (primary N) is 2. The number of alkyl halides is 3. The maximum Gasteiger partial charge on any atom is 0.435 e. The Morgan fingerprint density at radius 3 is 2.07 bits per heavy atom. The highest BCUT2D eigenvalue weighted by Crippen LogP contribution is 2.33. The third-order valence-electron chi connectivity index (χ3n) is 3.90. The van der Waals surface area contributed by atoms with Crippen LogP contribution in [0.5, 0.6) is 0 Å². The Kier molecular flexibility index (Phi) is 4.81. The average Bonchev–Trinajstić information content (AvgIpc) is 3.07. The van der Waals surface area contributed by atoms with E-state index in [1.807, 2.05) is 0 Å². The number of rotatable bonds is 4. The van der Waals surface area contributed by atoms with Crippen molar-refractivity contribution in [2.45, 2.75) is 17.6 Å². The summed E-state index contributed by atoms with van der Waals surface area (Å²) in [6.07, 6.45) is -4.63. The number of sulfonamides is 1. The second kappa shape index (κ2) is 6.80. The number of nitrogens with zero attached hydrogens (tertiary/aromatic N) is 2. The van der Waals surface area contributed by atoms with Crippen LogP contribution in [0.25, 0.3) is 16.9 Å². The molecule has 0 aliphatic heterocycles. The van der Waals surface area contributed by atoms with Gasteiger partial charge in [-0.15, -0.1) is 0 Å². The van der Waals surface area contributed by atoms with Crippen molar-refractivity contribution in [3.05, 3.63) is 65.9 Å². The van der Waals surface area contributed by atoms with Gasteiger partial charge < -0.3 is 5.73 Å². The van der Waals surface area contributed by atoms with Crippen LogP contribution < -0.4 is 10.9 Å². The molecule has 0 aliphatic rings. The molecule has 0 atom stereocenters. The Hall–Kier alpha value is -2.69. The van der Waals surface area contributed by atoms with Crippen LogP contribution >= 0.6 is 0 Å². The largest absolute Gasteiger partial charge is 0.435 e. The van der Waals surface area contributed by atoms with Gasteiger partial charge in [0.2, 0.25) is 10.0 Å². The summed E-state index contributed by atoms with van der Waals surface area (Å²) in [4.78, 5) is -0.150. The lowest BCUT2D eigenvalue weighted by molar-refractivity contribution is -0.141. The molecule has 2 aromatic carbocycles. The van der Waals surface area contributed by atoms with E-state index in [-0.39, 0.29) is 16.3 Å². The molecule has 4 N–H and O–H groups in total. The van der Waals surface area contributed by atoms with E-state index in [0.29, 0.717) is 12.1 Å². The zero-order valence-electron chi connectivity index (χ0n) is 13.8. The van der Waals surface area contributed by atoms with Crippen molar-refractivity contribution in [2.75, 3.05) is 0 Å². The molecule has 0 fully saturated rings. The summed E-state index contributed by atoms with van der Waals surface area (Å²) in [6, 6.07) is 12.7. The molecule has 0 saturated heterocycles. The first-order valence-corrected chi connectivity index (χ1v) is 9.24. The first-order valence-electron chi connectivity index (χ1n) is 7.69. The van der Waals surface area contributed by atoms with Crippen molar-refractivity contribution < 1.29 is 21.6 Å². The van der Waals surface area contributed by atoms with Crippen LogP contribution in [-0.2, 0) is 22.7 Å². The number of benzene rings is 2. The standard InChI is InChI=1S/C17H15F3N4O2S/c18-17(19,20)16-9-15(12-3-1-11(10-21)2-4-12)24(23-16)13-5-7-14(8-6-13)27(22,25)26/h1-9H,10,21H2,(H2,22,25,26). The van der Waals surface area contributed by atoms with Gasteiger partial charge in [-0.25, -0.2) is 18.2 Å². The number of hydrogen-bond acceptors (Lipinski definition) is 4. The van der Waals surface area contributed by atoms with Crippen LogP contribution in [0.2, 0.25) is 0 Å². The number of aromatic nitrogens is 2. The molecule has 0 unspecified atom stereocenters. The summed E-state index contributed by atoms with van der Waals surface area (Å²) in [5.74, 6) is 0. The summed E-state index contributed by atoms with van der Waals surface area (Å²) in [7, 11) is -3.91. The monoisotopic (exact) mass is 396 g/mol. The molecule has 1 aromatic heterocycles. The molecule has 0 amide bonds. The van der Waals surface area contributed by atoms with Gasteiger partial charge in [-0.1, -0.05) is 24.3 Å². The lowest BCUT2D eigenvalue weighted by Crippen LogP contribution is -2.12. The topological polar surface area (TPSA) is 104 Å². The Morgan fingerprint density at radius 2 is 1.59 bits per heavy atom. The highest BCUT2D eigenvalue weighted by molar-refractivity contribution is 7.89. The third-order valence-corrected chi connectivity index (χ3v) is 4.82. The van der Waals surface area contributed by atoms with Gasteiger partial charge in [0.1, 0.15) is 0 Å². The van der Waals surface area contributed by atoms with Gasteiger partial charge in [-0.3, -0.25) is 0 Å². The van der Waals surface area contributed by atoms with E-state index >= 15 is 0 Å².